The molecule has 0 amide bonds. The average Bonchev–Trinajstić information content (AvgIpc) is 2.32. The lowest BCUT2D eigenvalue weighted by molar-refractivity contribution is 0.227. The van der Waals surface area contributed by atoms with Crippen LogP contribution in [0.5, 0.6) is 0 Å². The van der Waals surface area contributed by atoms with E-state index in [0.717, 1.165) is 19.4 Å². The Morgan fingerprint density at radius 3 is 2.14 bits per heavy atom. The summed E-state index contributed by atoms with van der Waals surface area (Å²) in [6.07, 6.45) is 8.67. The largest absolute Gasteiger partial charge is 0.417 e. The summed E-state index contributed by atoms with van der Waals surface area (Å²) in [5.74, 6) is 0. The van der Waals surface area contributed by atoms with Crippen molar-refractivity contribution in [2.45, 2.75) is 83.9 Å². The fourth-order valence-electron chi connectivity index (χ4n) is 1.58. The van der Waals surface area contributed by atoms with Gasteiger partial charge in [0.05, 0.1) is 14.2 Å². The molecule has 0 saturated carbocycles. The molecule has 0 radical (unpaired) electrons. The van der Waals surface area contributed by atoms with Gasteiger partial charge in [-0.1, -0.05) is 64.3 Å². The molecule has 0 aromatic rings. The highest BCUT2D eigenvalue weighted by molar-refractivity contribution is 6.80. The van der Waals surface area contributed by atoms with Crippen LogP contribution in [0.4, 0.5) is 0 Å². The first-order valence-corrected chi connectivity index (χ1v) is 15.0. The number of aliphatic hydroxyl groups is 1. The van der Waals surface area contributed by atoms with Gasteiger partial charge < -0.3 is 9.53 Å². The van der Waals surface area contributed by atoms with Gasteiger partial charge in [0.2, 0.25) is 0 Å². The Hall–Kier alpha value is -0.166. The molecule has 0 aromatic heterocycles. The molecule has 1 N–H and O–H groups in total. The van der Waals surface area contributed by atoms with E-state index in [1.807, 2.05) is 6.08 Å². The number of aliphatic hydroxyl groups excluding tert-OH is 1. The Kier molecular flexibility index (Phi) is 9.14. The Morgan fingerprint density at radius 1 is 1.05 bits per heavy atom. The second-order valence-corrected chi connectivity index (χ2v) is 18.6. The minimum Gasteiger partial charge on any atom is -0.417 e. The minimum absolute atomic E-state index is 0.287. The number of hydrogen-bond donors (Lipinski definition) is 1. The molecule has 0 unspecified atom stereocenters. The van der Waals surface area contributed by atoms with Crippen LogP contribution in [0.1, 0.15) is 40.0 Å². The van der Waals surface area contributed by atoms with Crippen LogP contribution in [0.3, 0.4) is 0 Å². The zero-order chi connectivity index (χ0) is 17.4. The maximum atomic E-state index is 9.88. The molecule has 0 aromatic carbocycles. The first-order valence-electron chi connectivity index (χ1n) is 8.51. The Morgan fingerprint density at radius 2 is 1.64 bits per heavy atom. The van der Waals surface area contributed by atoms with Crippen molar-refractivity contribution in [1.29, 1.82) is 0 Å². The van der Waals surface area contributed by atoms with Gasteiger partial charge in [0.15, 0.2) is 8.32 Å². The smallest absolute Gasteiger partial charge is 0.191 e. The standard InChI is InChI=1S/C18H38O2Si2/c1-18(2,3)22(7,8)20-15-12-10-9-11-13-17(19)14-16-21(4,5)6/h9,11,14,16-17,19H,10,12-13,15H2,1-8H3/b11-9-,16-14+/t17-/m1/s1. The van der Waals surface area contributed by atoms with Crippen molar-refractivity contribution in [2.24, 2.45) is 0 Å². The molecule has 130 valence electrons. The summed E-state index contributed by atoms with van der Waals surface area (Å²) < 4.78 is 6.15. The molecule has 0 bridgehead atoms. The van der Waals surface area contributed by atoms with Crippen LogP contribution < -0.4 is 0 Å². The molecule has 2 nitrogen and oxygen atoms in total. The molecule has 0 aliphatic rings. The van der Waals surface area contributed by atoms with Gasteiger partial charge in [-0.2, -0.15) is 0 Å². The predicted molar refractivity (Wildman–Crippen MR) is 105 cm³/mol. The summed E-state index contributed by atoms with van der Waals surface area (Å²) in [4.78, 5) is 0. The van der Waals surface area contributed by atoms with Gasteiger partial charge >= 0.3 is 0 Å². The zero-order valence-electron chi connectivity index (χ0n) is 16.1. The highest BCUT2D eigenvalue weighted by atomic mass is 28.4. The van der Waals surface area contributed by atoms with Gasteiger partial charge in [-0.25, -0.2) is 0 Å². The normalized spacial score (nSPS) is 15.9. The van der Waals surface area contributed by atoms with E-state index in [2.05, 4.69) is 71.4 Å². The van der Waals surface area contributed by atoms with Crippen LogP contribution in [0, 0.1) is 0 Å². The van der Waals surface area contributed by atoms with E-state index in [0.29, 0.717) is 6.42 Å². The highest BCUT2D eigenvalue weighted by Crippen LogP contribution is 2.36. The lowest BCUT2D eigenvalue weighted by Crippen LogP contribution is -2.40. The van der Waals surface area contributed by atoms with Gasteiger partial charge in [-0.05, 0) is 37.4 Å². The monoisotopic (exact) mass is 342 g/mol. The molecule has 1 atom stereocenters. The van der Waals surface area contributed by atoms with E-state index in [4.69, 9.17) is 4.43 Å². The molecular weight excluding hydrogens is 304 g/mol. The fourth-order valence-corrected chi connectivity index (χ4v) is 3.46. The van der Waals surface area contributed by atoms with Crippen molar-refractivity contribution >= 4 is 16.4 Å². The van der Waals surface area contributed by atoms with Crippen molar-refractivity contribution in [2.75, 3.05) is 6.61 Å². The molecule has 0 spiro atoms. The number of unbranched alkanes of at least 4 members (excludes halogenated alkanes) is 1. The van der Waals surface area contributed by atoms with Crippen molar-refractivity contribution in [3.63, 3.8) is 0 Å². The van der Waals surface area contributed by atoms with Crippen LogP contribution in [-0.2, 0) is 4.43 Å². The first-order chi connectivity index (χ1) is 9.85. The number of allylic oxidation sites excluding steroid dienone is 1. The fraction of sp³-hybridized carbons (Fsp3) is 0.778. The first kappa shape index (κ1) is 21.8. The zero-order valence-corrected chi connectivity index (χ0v) is 18.1. The van der Waals surface area contributed by atoms with E-state index in [-0.39, 0.29) is 11.1 Å². The van der Waals surface area contributed by atoms with Crippen LogP contribution in [0.2, 0.25) is 37.8 Å². The van der Waals surface area contributed by atoms with E-state index in [1.165, 1.54) is 0 Å². The van der Waals surface area contributed by atoms with Gasteiger partial charge in [0, 0.05) is 6.61 Å². The number of hydrogen-bond acceptors (Lipinski definition) is 2. The lowest BCUT2D eigenvalue weighted by Gasteiger charge is -2.36. The number of rotatable bonds is 9. The quantitative estimate of drug-likeness (QED) is 0.339. The molecule has 22 heavy (non-hydrogen) atoms. The van der Waals surface area contributed by atoms with Gasteiger partial charge in [0.25, 0.3) is 0 Å². The van der Waals surface area contributed by atoms with E-state index in [9.17, 15) is 5.11 Å². The van der Waals surface area contributed by atoms with Gasteiger partial charge in [0.1, 0.15) is 0 Å². The molecule has 4 heteroatoms. The van der Waals surface area contributed by atoms with Crippen molar-refractivity contribution in [3.05, 3.63) is 23.9 Å². The summed E-state index contributed by atoms with van der Waals surface area (Å²) >= 11 is 0. The Bertz CT molecular complexity index is 360. The molecule has 0 fully saturated rings. The van der Waals surface area contributed by atoms with E-state index >= 15 is 0 Å². The SMILES string of the molecule is CC(C)(C)[Si](C)(C)OCCC/C=C\C[C@@H](O)/C=C/[Si](C)(C)C. The summed E-state index contributed by atoms with van der Waals surface area (Å²) in [5.41, 5.74) is 2.21. The molecule has 0 aliphatic heterocycles. The highest BCUT2D eigenvalue weighted by Gasteiger charge is 2.36. The molecule has 0 aliphatic carbocycles. The summed E-state index contributed by atoms with van der Waals surface area (Å²) in [6.45, 7) is 19.1. The maximum Gasteiger partial charge on any atom is 0.191 e. The van der Waals surface area contributed by atoms with Crippen LogP contribution >= 0.6 is 0 Å². The van der Waals surface area contributed by atoms with Gasteiger partial charge in [-0.3, -0.25) is 0 Å². The Labute approximate surface area is 140 Å². The minimum atomic E-state index is -1.59. The third-order valence-electron chi connectivity index (χ3n) is 4.15. The Balaban J connectivity index is 3.87. The summed E-state index contributed by atoms with van der Waals surface area (Å²) in [7, 11) is -2.79. The average molecular weight is 343 g/mol. The predicted octanol–water partition coefficient (Wildman–Crippen LogP) is 5.53. The van der Waals surface area contributed by atoms with Crippen molar-refractivity contribution in [3.8, 4) is 0 Å². The lowest BCUT2D eigenvalue weighted by atomic mass is 10.2. The van der Waals surface area contributed by atoms with Crippen LogP contribution in [0.25, 0.3) is 0 Å². The van der Waals surface area contributed by atoms with Gasteiger partial charge in [-0.15, -0.1) is 0 Å². The summed E-state index contributed by atoms with van der Waals surface area (Å²) in [6, 6.07) is 0. The van der Waals surface area contributed by atoms with Crippen LogP contribution in [-0.4, -0.2) is 34.2 Å². The third-order valence-corrected chi connectivity index (χ3v) is 9.88. The molecular formula is C18H38O2Si2. The molecule has 0 rings (SSSR count). The van der Waals surface area contributed by atoms with Crippen molar-refractivity contribution < 1.29 is 9.53 Å². The second-order valence-electron chi connectivity index (χ2n) is 8.75. The van der Waals surface area contributed by atoms with Crippen LogP contribution in [0.15, 0.2) is 23.9 Å². The summed E-state index contributed by atoms with van der Waals surface area (Å²) in [5, 5.41) is 10.2. The maximum absolute atomic E-state index is 9.88. The topological polar surface area (TPSA) is 29.5 Å². The third kappa shape index (κ3) is 10.5. The van der Waals surface area contributed by atoms with E-state index < -0.39 is 16.4 Å². The molecule has 0 heterocycles. The van der Waals surface area contributed by atoms with Crippen molar-refractivity contribution in [1.82, 2.24) is 0 Å². The van der Waals surface area contributed by atoms with E-state index in [1.54, 1.807) is 0 Å². The molecule has 0 saturated heterocycles. The second kappa shape index (κ2) is 9.21.